The van der Waals surface area contributed by atoms with E-state index in [1.807, 2.05) is 0 Å². The minimum atomic E-state index is -0.891. The second-order valence-corrected chi connectivity index (χ2v) is 9.28. The smallest absolute Gasteiger partial charge is 0.230 e. The highest BCUT2D eigenvalue weighted by atomic mass is 19.1. The lowest BCUT2D eigenvalue weighted by Gasteiger charge is -2.35. The molecule has 3 aromatic rings. The van der Waals surface area contributed by atoms with Crippen LogP contribution in [-0.4, -0.2) is 70.4 Å². The molecule has 0 unspecified atom stereocenters. The molecule has 11 heteroatoms. The number of carbonyl (C=O) groups excluding carboxylic acids is 1. The number of halogens is 1. The maximum atomic E-state index is 13.6. The number of aromatic nitrogens is 4. The largest absolute Gasteiger partial charge is 0.395 e. The molecule has 36 heavy (non-hydrogen) atoms. The summed E-state index contributed by atoms with van der Waals surface area (Å²) in [6.07, 6.45) is 3.11. The van der Waals surface area contributed by atoms with Crippen LogP contribution in [-0.2, 0) is 14.3 Å². The monoisotopic (exact) mass is 496 g/mol. The van der Waals surface area contributed by atoms with Gasteiger partial charge in [0.05, 0.1) is 42.3 Å². The lowest BCUT2D eigenvalue weighted by Crippen LogP contribution is -2.49. The zero-order valence-corrected chi connectivity index (χ0v) is 20.0. The molecule has 0 aliphatic carbocycles. The van der Waals surface area contributed by atoms with Crippen LogP contribution in [0, 0.1) is 11.2 Å². The molecule has 2 aliphatic heterocycles. The normalized spacial score (nSPS) is 22.1. The topological polar surface area (TPSA) is 125 Å². The van der Waals surface area contributed by atoms with Gasteiger partial charge in [0, 0.05) is 31.4 Å². The first-order chi connectivity index (χ1) is 17.5. The highest BCUT2D eigenvalue weighted by molar-refractivity contribution is 5.82. The fraction of sp³-hybridized carbons (Fsp3) is 0.440. The third-order valence-electron chi connectivity index (χ3n) is 6.40. The summed E-state index contributed by atoms with van der Waals surface area (Å²) in [5.41, 5.74) is 1.68. The van der Waals surface area contributed by atoms with Crippen molar-refractivity contribution in [1.82, 2.24) is 25.3 Å². The van der Waals surface area contributed by atoms with Crippen LogP contribution >= 0.6 is 0 Å². The fourth-order valence-electron chi connectivity index (χ4n) is 4.34. The Kier molecular flexibility index (Phi) is 6.95. The molecule has 2 saturated heterocycles. The standard InChI is InChI=1S/C25H29FN6O4/c1-25(23(34)27-10-13-33)14-35-22(36-15-25)21-30-19(16-4-6-17(26)7-5-16)20(31-21)18-8-9-28-24(29-18)32-11-2-3-12-32/h4-9,22,33H,2-3,10-15H2,1H3,(H,27,34)(H,30,31). The lowest BCUT2D eigenvalue weighted by molar-refractivity contribution is -0.231. The molecule has 1 amide bonds. The van der Waals surface area contributed by atoms with E-state index in [1.165, 1.54) is 12.1 Å². The molecular formula is C25H29FN6O4. The van der Waals surface area contributed by atoms with Crippen LogP contribution in [0.25, 0.3) is 22.6 Å². The molecule has 0 atom stereocenters. The van der Waals surface area contributed by atoms with Gasteiger partial charge in [-0.1, -0.05) is 0 Å². The molecule has 5 rings (SSSR count). The zero-order valence-electron chi connectivity index (χ0n) is 20.0. The molecule has 0 bridgehead atoms. The highest BCUT2D eigenvalue weighted by Crippen LogP contribution is 2.35. The van der Waals surface area contributed by atoms with E-state index < -0.39 is 11.7 Å². The number of aliphatic hydroxyl groups excluding tert-OH is 1. The number of rotatable bonds is 7. The summed E-state index contributed by atoms with van der Waals surface area (Å²) >= 11 is 0. The average molecular weight is 497 g/mol. The van der Waals surface area contributed by atoms with Gasteiger partial charge in [0.2, 0.25) is 18.1 Å². The number of hydrogen-bond donors (Lipinski definition) is 3. The van der Waals surface area contributed by atoms with Crippen LogP contribution in [0.2, 0.25) is 0 Å². The molecule has 2 fully saturated rings. The van der Waals surface area contributed by atoms with Gasteiger partial charge in [0.1, 0.15) is 5.82 Å². The Labute approximate surface area is 207 Å². The van der Waals surface area contributed by atoms with Crippen LogP contribution in [0.15, 0.2) is 36.5 Å². The Bertz CT molecular complexity index is 1200. The fourth-order valence-corrected chi connectivity index (χ4v) is 4.34. The molecule has 2 aliphatic rings. The van der Waals surface area contributed by atoms with Crippen LogP contribution in [0.1, 0.15) is 31.9 Å². The Morgan fingerprint density at radius 1 is 1.19 bits per heavy atom. The van der Waals surface area contributed by atoms with Crippen molar-refractivity contribution in [3.05, 3.63) is 48.2 Å². The molecule has 10 nitrogen and oxygen atoms in total. The van der Waals surface area contributed by atoms with Crippen LogP contribution < -0.4 is 10.2 Å². The van der Waals surface area contributed by atoms with E-state index in [0.29, 0.717) is 34.4 Å². The second kappa shape index (κ2) is 10.3. The number of benzene rings is 1. The van der Waals surface area contributed by atoms with Gasteiger partial charge in [0.25, 0.3) is 0 Å². The van der Waals surface area contributed by atoms with Gasteiger partial charge < -0.3 is 29.8 Å². The average Bonchev–Trinajstić information content (AvgIpc) is 3.59. The Hall–Kier alpha value is -3.41. The maximum absolute atomic E-state index is 13.6. The Balaban J connectivity index is 1.44. The summed E-state index contributed by atoms with van der Waals surface area (Å²) in [4.78, 5) is 31.9. The third kappa shape index (κ3) is 4.95. The number of aliphatic hydroxyl groups is 1. The summed E-state index contributed by atoms with van der Waals surface area (Å²) in [5, 5.41) is 11.6. The van der Waals surface area contributed by atoms with E-state index in [4.69, 9.17) is 24.5 Å². The number of carbonyl (C=O) groups is 1. The molecule has 3 N–H and O–H groups in total. The van der Waals surface area contributed by atoms with Crippen molar-refractivity contribution in [2.24, 2.45) is 5.41 Å². The van der Waals surface area contributed by atoms with Crippen molar-refractivity contribution in [3.8, 4) is 22.6 Å². The van der Waals surface area contributed by atoms with Gasteiger partial charge in [-0.05, 0) is 50.1 Å². The van der Waals surface area contributed by atoms with E-state index in [1.54, 1.807) is 31.3 Å². The Morgan fingerprint density at radius 2 is 1.92 bits per heavy atom. The van der Waals surface area contributed by atoms with Crippen LogP contribution in [0.5, 0.6) is 0 Å². The number of ether oxygens (including phenoxy) is 2. The number of anilines is 1. The number of nitrogens with one attached hydrogen (secondary N) is 2. The minimum absolute atomic E-state index is 0.115. The first-order valence-electron chi connectivity index (χ1n) is 12.0. The number of nitrogens with zero attached hydrogens (tertiary/aromatic N) is 4. The Morgan fingerprint density at radius 3 is 2.61 bits per heavy atom. The number of H-pyrrole nitrogens is 1. The zero-order chi connectivity index (χ0) is 25.1. The van der Waals surface area contributed by atoms with Crippen LogP contribution in [0.4, 0.5) is 10.3 Å². The van der Waals surface area contributed by atoms with E-state index in [-0.39, 0.29) is 38.1 Å². The van der Waals surface area contributed by atoms with Crippen molar-refractivity contribution in [3.63, 3.8) is 0 Å². The summed E-state index contributed by atoms with van der Waals surface area (Å²) in [6.45, 7) is 3.82. The van der Waals surface area contributed by atoms with E-state index in [2.05, 4.69) is 20.2 Å². The number of hydrogen-bond acceptors (Lipinski definition) is 8. The van der Waals surface area contributed by atoms with Gasteiger partial charge in [0.15, 0.2) is 5.82 Å². The predicted molar refractivity (Wildman–Crippen MR) is 129 cm³/mol. The van der Waals surface area contributed by atoms with E-state index in [9.17, 15) is 9.18 Å². The highest BCUT2D eigenvalue weighted by Gasteiger charge is 2.40. The summed E-state index contributed by atoms with van der Waals surface area (Å²) in [7, 11) is 0. The molecule has 2 aromatic heterocycles. The maximum Gasteiger partial charge on any atom is 0.230 e. The molecule has 0 saturated carbocycles. The van der Waals surface area contributed by atoms with E-state index in [0.717, 1.165) is 25.9 Å². The van der Waals surface area contributed by atoms with Crippen molar-refractivity contribution in [2.75, 3.05) is 44.4 Å². The second-order valence-electron chi connectivity index (χ2n) is 9.28. The number of imidazole rings is 1. The van der Waals surface area contributed by atoms with Crippen molar-refractivity contribution < 1.29 is 23.8 Å². The van der Waals surface area contributed by atoms with Crippen molar-refractivity contribution >= 4 is 11.9 Å². The first kappa shape index (κ1) is 24.3. The predicted octanol–water partition coefficient (Wildman–Crippen LogP) is 2.43. The van der Waals surface area contributed by atoms with E-state index >= 15 is 0 Å². The number of aromatic amines is 1. The van der Waals surface area contributed by atoms with Gasteiger partial charge >= 0.3 is 0 Å². The van der Waals surface area contributed by atoms with Gasteiger partial charge in [-0.15, -0.1) is 0 Å². The molecular weight excluding hydrogens is 467 g/mol. The minimum Gasteiger partial charge on any atom is -0.395 e. The van der Waals surface area contributed by atoms with Gasteiger partial charge in [-0.2, -0.15) is 0 Å². The lowest BCUT2D eigenvalue weighted by atomic mass is 9.91. The molecule has 1 aromatic carbocycles. The van der Waals surface area contributed by atoms with Gasteiger partial charge in [-0.3, -0.25) is 4.79 Å². The van der Waals surface area contributed by atoms with Crippen molar-refractivity contribution in [2.45, 2.75) is 26.1 Å². The third-order valence-corrected chi connectivity index (χ3v) is 6.40. The number of amides is 1. The first-order valence-corrected chi connectivity index (χ1v) is 12.0. The molecule has 190 valence electrons. The summed E-state index contributed by atoms with van der Waals surface area (Å²) in [5.74, 6) is 0.481. The molecule has 4 heterocycles. The SMILES string of the molecule is CC1(C(=O)NCCO)COC(c2nc(-c3ccc(F)cc3)c(-c3ccnc(N4CCCC4)n3)[nH]2)OC1. The summed E-state index contributed by atoms with van der Waals surface area (Å²) in [6, 6.07) is 7.88. The van der Waals surface area contributed by atoms with Crippen LogP contribution in [0.3, 0.4) is 0 Å². The van der Waals surface area contributed by atoms with Crippen molar-refractivity contribution in [1.29, 1.82) is 0 Å². The molecule has 0 radical (unpaired) electrons. The summed E-state index contributed by atoms with van der Waals surface area (Å²) < 4.78 is 25.4. The quantitative estimate of drug-likeness (QED) is 0.456. The van der Waals surface area contributed by atoms with Gasteiger partial charge in [-0.25, -0.2) is 19.3 Å². The molecule has 0 spiro atoms.